The Balaban J connectivity index is 1.13. The van der Waals surface area contributed by atoms with Gasteiger partial charge in [-0.3, -0.25) is 0 Å². The van der Waals surface area contributed by atoms with E-state index < -0.39 is 23.5 Å². The van der Waals surface area contributed by atoms with Crippen LogP contribution in [0.5, 0.6) is 0 Å². The molecule has 0 amide bonds. The largest absolute Gasteiger partial charge is 0.478 e. The van der Waals surface area contributed by atoms with Gasteiger partial charge in [0, 0.05) is 55.8 Å². The molecule has 4 aromatic rings. The molecule has 1 saturated heterocycles. The van der Waals surface area contributed by atoms with Crippen LogP contribution < -0.4 is 4.90 Å². The Morgan fingerprint density at radius 3 is 2.54 bits per heavy atom. The molecule has 13 heteroatoms. The van der Waals surface area contributed by atoms with Gasteiger partial charge in [0.15, 0.2) is 5.13 Å². The van der Waals surface area contributed by atoms with E-state index in [4.69, 9.17) is 32.5 Å². The Kier molecular flexibility index (Phi) is 7.42. The SMILES string of the molecule is O=C(O)c1ccc2nc(N3CCC(F)(COCc4c(-c5c(Cl)cccc5Cl)noc4CC4CC4(F)F)CC3)sc2c1. The Bertz CT molecular complexity index is 1600. The van der Waals surface area contributed by atoms with Gasteiger partial charge in [-0.25, -0.2) is 22.9 Å². The zero-order valence-corrected chi connectivity index (χ0v) is 23.8. The predicted octanol–water partition coefficient (Wildman–Crippen LogP) is 7.68. The predicted molar refractivity (Wildman–Crippen MR) is 150 cm³/mol. The number of piperidine rings is 1. The number of carboxylic acids is 1. The molecule has 1 unspecified atom stereocenters. The van der Waals surface area contributed by atoms with Gasteiger partial charge in [-0.15, -0.1) is 0 Å². The fourth-order valence-electron chi connectivity index (χ4n) is 5.05. The molecule has 41 heavy (non-hydrogen) atoms. The van der Waals surface area contributed by atoms with Gasteiger partial charge >= 0.3 is 5.97 Å². The Morgan fingerprint density at radius 2 is 1.88 bits per heavy atom. The molecule has 3 heterocycles. The van der Waals surface area contributed by atoms with E-state index in [-0.39, 0.29) is 50.2 Å². The standard InChI is InChI=1S/C28H24Cl2F3N3O4S/c29-18-2-1-3-19(30)23(18)24-17(21(40-35-24)11-16-12-28(16,32)33)13-39-14-27(31)6-8-36(9-7-27)26-34-20-5-4-15(25(37)38)10-22(20)41-26/h1-5,10,16H,6-9,11-14H2,(H,37,38). The smallest absolute Gasteiger partial charge is 0.335 e. The van der Waals surface area contributed by atoms with E-state index in [1.165, 1.54) is 17.4 Å². The topological polar surface area (TPSA) is 88.7 Å². The first kappa shape index (κ1) is 28.3. The molecule has 2 aromatic heterocycles. The summed E-state index contributed by atoms with van der Waals surface area (Å²) in [5.74, 6) is -4.35. The molecule has 1 atom stereocenters. The lowest BCUT2D eigenvalue weighted by Crippen LogP contribution is -2.44. The van der Waals surface area contributed by atoms with Crippen LogP contribution in [-0.2, 0) is 17.8 Å². The fourth-order valence-corrected chi connectivity index (χ4v) is 6.68. The summed E-state index contributed by atoms with van der Waals surface area (Å²) in [4.78, 5) is 17.8. The monoisotopic (exact) mass is 625 g/mol. The molecule has 6 rings (SSSR count). The number of rotatable bonds is 9. The van der Waals surface area contributed by atoms with Crippen LogP contribution in [0.1, 0.15) is 40.9 Å². The van der Waals surface area contributed by atoms with Crippen molar-refractivity contribution in [1.82, 2.24) is 10.1 Å². The molecule has 1 aliphatic heterocycles. The Morgan fingerprint density at radius 1 is 1.17 bits per heavy atom. The number of ether oxygens (including phenoxy) is 1. The number of carboxylic acid groups (broad SMARTS) is 1. The lowest BCUT2D eigenvalue weighted by molar-refractivity contribution is -0.00762. The maximum Gasteiger partial charge on any atom is 0.335 e. The highest BCUT2D eigenvalue weighted by Crippen LogP contribution is 2.51. The maximum absolute atomic E-state index is 15.8. The number of thiazole rings is 1. The van der Waals surface area contributed by atoms with Gasteiger partial charge in [0.05, 0.1) is 39.0 Å². The van der Waals surface area contributed by atoms with Crippen molar-refractivity contribution in [2.24, 2.45) is 5.92 Å². The van der Waals surface area contributed by atoms with Crippen molar-refractivity contribution < 1.29 is 32.3 Å². The van der Waals surface area contributed by atoms with Gasteiger partial charge < -0.3 is 19.3 Å². The minimum absolute atomic E-state index is 0.0212. The van der Waals surface area contributed by atoms with Crippen LogP contribution in [0.4, 0.5) is 18.3 Å². The minimum atomic E-state index is -2.74. The zero-order valence-electron chi connectivity index (χ0n) is 21.5. The number of fused-ring (bicyclic) bond motifs is 1. The number of hydrogen-bond acceptors (Lipinski definition) is 7. The van der Waals surface area contributed by atoms with Crippen molar-refractivity contribution in [1.29, 1.82) is 0 Å². The second-order valence-corrected chi connectivity index (χ2v) is 12.3. The highest BCUT2D eigenvalue weighted by Gasteiger charge is 2.57. The molecular formula is C28H24Cl2F3N3O4S. The second-order valence-electron chi connectivity index (χ2n) is 10.5. The molecular weight excluding hydrogens is 602 g/mol. The maximum atomic E-state index is 15.8. The quantitative estimate of drug-likeness (QED) is 0.204. The molecule has 7 nitrogen and oxygen atoms in total. The number of aromatic nitrogens is 2. The third-order valence-corrected chi connectivity index (χ3v) is 9.33. The van der Waals surface area contributed by atoms with E-state index in [0.717, 1.165) is 4.70 Å². The number of halogens is 5. The molecule has 1 saturated carbocycles. The highest BCUT2D eigenvalue weighted by molar-refractivity contribution is 7.22. The number of benzene rings is 2. The minimum Gasteiger partial charge on any atom is -0.478 e. The van der Waals surface area contributed by atoms with Crippen molar-refractivity contribution >= 4 is 55.9 Å². The molecule has 1 aliphatic carbocycles. The lowest BCUT2D eigenvalue weighted by Gasteiger charge is -2.36. The summed E-state index contributed by atoms with van der Waals surface area (Å²) in [6.07, 6.45) is 0.136. The summed E-state index contributed by atoms with van der Waals surface area (Å²) in [7, 11) is 0. The fraction of sp³-hybridized carbons (Fsp3) is 0.393. The number of nitrogens with zero attached hydrogens (tertiary/aromatic N) is 3. The van der Waals surface area contributed by atoms with Crippen molar-refractivity contribution in [3.05, 3.63) is 63.3 Å². The lowest BCUT2D eigenvalue weighted by atomic mass is 9.94. The van der Waals surface area contributed by atoms with E-state index in [1.807, 2.05) is 4.90 Å². The average Bonchev–Trinajstić information content (AvgIpc) is 3.22. The molecule has 0 spiro atoms. The van der Waals surface area contributed by atoms with Crippen LogP contribution in [0, 0.1) is 5.92 Å². The van der Waals surface area contributed by atoms with Crippen molar-refractivity contribution in [2.75, 3.05) is 24.6 Å². The molecule has 2 aromatic carbocycles. The normalized spacial score (nSPS) is 19.5. The Labute approximate surface area is 246 Å². The number of hydrogen-bond donors (Lipinski definition) is 1. The van der Waals surface area contributed by atoms with Gasteiger partial charge in [-0.2, -0.15) is 0 Å². The van der Waals surface area contributed by atoms with E-state index >= 15 is 4.39 Å². The van der Waals surface area contributed by atoms with Crippen molar-refractivity contribution in [3.63, 3.8) is 0 Å². The summed E-state index contributed by atoms with van der Waals surface area (Å²) in [6, 6.07) is 9.72. The number of anilines is 1. The van der Waals surface area contributed by atoms with Gasteiger partial charge in [0.1, 0.15) is 17.1 Å². The average molecular weight is 626 g/mol. The van der Waals surface area contributed by atoms with Crippen molar-refractivity contribution in [3.8, 4) is 11.3 Å². The first-order valence-corrected chi connectivity index (χ1v) is 14.6. The summed E-state index contributed by atoms with van der Waals surface area (Å²) in [5.41, 5.74) is 0.406. The van der Waals surface area contributed by atoms with Crippen LogP contribution in [0.2, 0.25) is 10.0 Å². The second kappa shape index (κ2) is 10.8. The van der Waals surface area contributed by atoms with Crippen LogP contribution in [0.25, 0.3) is 21.5 Å². The van der Waals surface area contributed by atoms with E-state index in [2.05, 4.69) is 10.1 Å². The van der Waals surface area contributed by atoms with Crippen LogP contribution in [0.3, 0.4) is 0 Å². The van der Waals surface area contributed by atoms with Crippen molar-refractivity contribution in [2.45, 2.75) is 43.9 Å². The third kappa shape index (κ3) is 5.77. The Hall–Kier alpha value is -2.86. The van der Waals surface area contributed by atoms with Gasteiger partial charge in [0.25, 0.3) is 5.92 Å². The molecule has 216 valence electrons. The van der Waals surface area contributed by atoms with Crippen LogP contribution in [-0.4, -0.2) is 52.5 Å². The first-order valence-electron chi connectivity index (χ1n) is 13.0. The molecule has 1 N–H and O–H groups in total. The molecule has 2 aliphatic rings. The molecule has 0 bridgehead atoms. The van der Waals surface area contributed by atoms with Gasteiger partial charge in [0.2, 0.25) is 0 Å². The summed E-state index contributed by atoms with van der Waals surface area (Å²) >= 11 is 14.1. The summed E-state index contributed by atoms with van der Waals surface area (Å²) in [6.45, 7) is 0.498. The summed E-state index contributed by atoms with van der Waals surface area (Å²) < 4.78 is 55.2. The van der Waals surface area contributed by atoms with Crippen LogP contribution >= 0.6 is 34.5 Å². The van der Waals surface area contributed by atoms with Gasteiger partial charge in [-0.05, 0) is 30.3 Å². The van der Waals surface area contributed by atoms with E-state index in [0.29, 0.717) is 50.6 Å². The highest BCUT2D eigenvalue weighted by atomic mass is 35.5. The summed E-state index contributed by atoms with van der Waals surface area (Å²) in [5, 5.41) is 14.7. The molecule has 0 radical (unpaired) electrons. The third-order valence-electron chi connectivity index (χ3n) is 7.62. The van der Waals surface area contributed by atoms with E-state index in [9.17, 15) is 18.7 Å². The van der Waals surface area contributed by atoms with Gasteiger partial charge in [-0.1, -0.05) is 45.8 Å². The zero-order chi connectivity index (χ0) is 28.9. The number of alkyl halides is 3. The first-order chi connectivity index (χ1) is 19.5. The van der Waals surface area contributed by atoms with E-state index in [1.54, 1.807) is 30.3 Å². The number of aromatic carboxylic acids is 1. The van der Waals surface area contributed by atoms with Crippen LogP contribution in [0.15, 0.2) is 40.9 Å². The molecule has 2 fully saturated rings. The number of carbonyl (C=O) groups is 1.